The number of benzene rings is 9. The highest BCUT2D eigenvalue weighted by Gasteiger charge is 2.45. The zero-order chi connectivity index (χ0) is 44.8. The van der Waals surface area contributed by atoms with Gasteiger partial charge in [0.2, 0.25) is 0 Å². The van der Waals surface area contributed by atoms with E-state index in [-0.39, 0.29) is 6.71 Å². The summed E-state index contributed by atoms with van der Waals surface area (Å²) in [5.41, 5.74) is 21.6. The summed E-state index contributed by atoms with van der Waals surface area (Å²) in [6.07, 6.45) is 0. The molecule has 5 nitrogen and oxygen atoms in total. The van der Waals surface area contributed by atoms with E-state index < -0.39 is 0 Å². The summed E-state index contributed by atoms with van der Waals surface area (Å²) in [6.45, 7) is 12.7. The molecule has 2 aliphatic rings. The lowest BCUT2D eigenvalue weighted by molar-refractivity contribution is 0.488. The maximum Gasteiger partial charge on any atom is 0.256 e. The predicted octanol–water partition coefficient (Wildman–Crippen LogP) is 14.8. The first-order chi connectivity index (χ1) is 32.2. The number of hydrogen-bond donors (Lipinski definition) is 0. The number of anilines is 9. The summed E-state index contributed by atoms with van der Waals surface area (Å²) in [6, 6.07) is 66.4. The SMILES string of the molecule is Cc1ccc(N(c2ccc(C)cc2)c2cc3c4c(c2)N(c2ccc(C)cc2)c2ccc(C)cc2B4c2cc4c(oc5ccccc54)c(N(c4ccc(C)cc4)c4ccc(C)cc4)c2O3)cc1. The fourth-order valence-corrected chi connectivity index (χ4v) is 10.1. The van der Waals surface area contributed by atoms with E-state index in [1.807, 2.05) is 0 Å². The molecule has 0 saturated carbocycles. The van der Waals surface area contributed by atoms with Crippen molar-refractivity contribution in [2.75, 3.05) is 14.7 Å². The van der Waals surface area contributed by atoms with Crippen molar-refractivity contribution in [1.29, 1.82) is 0 Å². The van der Waals surface area contributed by atoms with Crippen LogP contribution in [0.4, 0.5) is 51.2 Å². The number of furan rings is 1. The van der Waals surface area contributed by atoms with Crippen LogP contribution in [0.5, 0.6) is 11.5 Å². The molecule has 0 aliphatic carbocycles. The zero-order valence-electron chi connectivity index (χ0n) is 38.1. The van der Waals surface area contributed by atoms with Gasteiger partial charge in [-0.1, -0.05) is 130 Å². The number of nitrogens with zero attached hydrogens (tertiary/aromatic N) is 3. The van der Waals surface area contributed by atoms with Crippen molar-refractivity contribution in [2.45, 2.75) is 41.5 Å². The monoisotopic (exact) mass is 853 g/mol. The van der Waals surface area contributed by atoms with Crippen molar-refractivity contribution < 1.29 is 9.15 Å². The van der Waals surface area contributed by atoms with E-state index in [0.717, 1.165) is 95.5 Å². The van der Waals surface area contributed by atoms with E-state index in [1.54, 1.807) is 0 Å². The predicted molar refractivity (Wildman–Crippen MR) is 277 cm³/mol. The Labute approximate surface area is 386 Å². The molecule has 66 heavy (non-hydrogen) atoms. The van der Waals surface area contributed by atoms with Gasteiger partial charge in [-0.2, -0.15) is 0 Å². The van der Waals surface area contributed by atoms with Crippen molar-refractivity contribution in [1.82, 2.24) is 0 Å². The smallest absolute Gasteiger partial charge is 0.256 e. The molecule has 0 saturated heterocycles. The molecule has 0 unspecified atom stereocenters. The van der Waals surface area contributed by atoms with Gasteiger partial charge >= 0.3 is 0 Å². The van der Waals surface area contributed by atoms with Gasteiger partial charge < -0.3 is 23.9 Å². The Balaban J connectivity index is 1.21. The van der Waals surface area contributed by atoms with Crippen LogP contribution in [0.25, 0.3) is 21.9 Å². The molecule has 0 N–H and O–H groups in total. The van der Waals surface area contributed by atoms with Crippen LogP contribution in [0.2, 0.25) is 0 Å². The standard InChI is InChI=1S/C60H48BN3O2/c1-37-11-22-43(23-12-37)62(44-24-13-38(2)14-25-44)48-34-54-57-56(35-48)66-60-52(61(57)51-33-42(6)21-32-53(51)64(54)47-30-19-41(5)20-31-47)36-50-49-9-7-8-10-55(49)65-59(50)58(60)63(45-26-15-39(3)16-27-45)46-28-17-40(4)18-29-46/h7-36H,1-6H3. The van der Waals surface area contributed by atoms with Crippen LogP contribution in [0.3, 0.4) is 0 Å². The summed E-state index contributed by atoms with van der Waals surface area (Å²) < 4.78 is 14.8. The minimum absolute atomic E-state index is 0.175. The van der Waals surface area contributed by atoms with Gasteiger partial charge in [0.1, 0.15) is 17.0 Å². The van der Waals surface area contributed by atoms with Crippen LogP contribution in [-0.4, -0.2) is 6.71 Å². The third-order valence-electron chi connectivity index (χ3n) is 13.5. The molecular weight excluding hydrogens is 805 g/mol. The fourth-order valence-electron chi connectivity index (χ4n) is 10.1. The largest absolute Gasteiger partial charge is 0.456 e. The molecule has 0 atom stereocenters. The fraction of sp³-hybridized carbons (Fsp3) is 0.100. The number of fused-ring (bicyclic) bond motifs is 7. The topological polar surface area (TPSA) is 32.1 Å². The highest BCUT2D eigenvalue weighted by Crippen LogP contribution is 2.52. The zero-order valence-corrected chi connectivity index (χ0v) is 38.1. The maximum absolute atomic E-state index is 7.73. The molecule has 3 heterocycles. The summed E-state index contributed by atoms with van der Waals surface area (Å²) in [5.74, 6) is 1.58. The average Bonchev–Trinajstić information content (AvgIpc) is 3.70. The third kappa shape index (κ3) is 6.47. The average molecular weight is 854 g/mol. The molecule has 0 fully saturated rings. The van der Waals surface area contributed by atoms with Gasteiger partial charge in [-0.25, -0.2) is 0 Å². The van der Waals surface area contributed by atoms with Crippen LogP contribution < -0.4 is 35.8 Å². The lowest BCUT2D eigenvalue weighted by Gasteiger charge is -2.42. The van der Waals surface area contributed by atoms with Gasteiger partial charge in [0.15, 0.2) is 11.3 Å². The van der Waals surface area contributed by atoms with Crippen LogP contribution in [0.15, 0.2) is 186 Å². The Hall–Kier alpha value is -7.96. The highest BCUT2D eigenvalue weighted by atomic mass is 16.5. The first-order valence-corrected chi connectivity index (χ1v) is 22.8. The molecule has 2 aliphatic heterocycles. The number of hydrogen-bond acceptors (Lipinski definition) is 5. The van der Waals surface area contributed by atoms with Gasteiger partial charge in [-0.05, 0) is 137 Å². The van der Waals surface area contributed by atoms with Gasteiger partial charge in [-0.3, -0.25) is 0 Å². The van der Waals surface area contributed by atoms with Crippen molar-refractivity contribution >= 4 is 96.2 Å². The Morgan fingerprint density at radius 1 is 0.424 bits per heavy atom. The van der Waals surface area contributed by atoms with Crippen molar-refractivity contribution in [3.8, 4) is 11.5 Å². The summed E-state index contributed by atoms with van der Waals surface area (Å²) in [5, 5.41) is 2.12. The van der Waals surface area contributed by atoms with Crippen molar-refractivity contribution in [3.05, 3.63) is 215 Å². The second kappa shape index (κ2) is 15.3. The molecule has 6 heteroatoms. The molecule has 0 radical (unpaired) electrons. The minimum atomic E-state index is -0.175. The van der Waals surface area contributed by atoms with Gasteiger partial charge in [0.05, 0.1) is 5.69 Å². The van der Waals surface area contributed by atoms with E-state index in [4.69, 9.17) is 9.15 Å². The van der Waals surface area contributed by atoms with Crippen LogP contribution >= 0.6 is 0 Å². The summed E-state index contributed by atoms with van der Waals surface area (Å²) in [4.78, 5) is 7.14. The summed E-state index contributed by atoms with van der Waals surface area (Å²) >= 11 is 0. The Kier molecular flexibility index (Phi) is 9.21. The molecule has 0 bridgehead atoms. The highest BCUT2D eigenvalue weighted by molar-refractivity contribution is 6.99. The van der Waals surface area contributed by atoms with Crippen LogP contribution in [-0.2, 0) is 0 Å². The number of aryl methyl sites for hydroxylation is 6. The van der Waals surface area contributed by atoms with Gasteiger partial charge in [0, 0.05) is 56.7 Å². The lowest BCUT2D eigenvalue weighted by Crippen LogP contribution is -2.59. The quantitative estimate of drug-likeness (QED) is 0.149. The van der Waals surface area contributed by atoms with Crippen LogP contribution in [0.1, 0.15) is 33.4 Å². The van der Waals surface area contributed by atoms with E-state index in [0.29, 0.717) is 0 Å². The third-order valence-corrected chi connectivity index (χ3v) is 13.5. The molecule has 0 spiro atoms. The Bertz CT molecular complexity index is 3410. The number of para-hydroxylation sites is 1. The molecular formula is C60H48BN3O2. The van der Waals surface area contributed by atoms with E-state index in [2.05, 4.69) is 238 Å². The number of rotatable bonds is 7. The van der Waals surface area contributed by atoms with Gasteiger partial charge in [0.25, 0.3) is 6.71 Å². The van der Waals surface area contributed by atoms with E-state index in [9.17, 15) is 0 Å². The second-order valence-electron chi connectivity index (χ2n) is 18.3. The first kappa shape index (κ1) is 39.6. The molecule has 9 aromatic carbocycles. The summed E-state index contributed by atoms with van der Waals surface area (Å²) in [7, 11) is 0. The van der Waals surface area contributed by atoms with Crippen molar-refractivity contribution in [3.63, 3.8) is 0 Å². The minimum Gasteiger partial charge on any atom is -0.456 e. The van der Waals surface area contributed by atoms with Crippen molar-refractivity contribution in [2.24, 2.45) is 0 Å². The van der Waals surface area contributed by atoms with Crippen LogP contribution in [0, 0.1) is 41.5 Å². The molecule has 1 aromatic heterocycles. The Morgan fingerprint density at radius 3 is 1.52 bits per heavy atom. The van der Waals surface area contributed by atoms with E-state index in [1.165, 1.54) is 38.8 Å². The number of ether oxygens (including phenoxy) is 1. The Morgan fingerprint density at radius 2 is 0.939 bits per heavy atom. The molecule has 318 valence electrons. The second-order valence-corrected chi connectivity index (χ2v) is 18.3. The normalized spacial score (nSPS) is 12.5. The molecule has 12 rings (SSSR count). The molecule has 10 aromatic rings. The maximum atomic E-state index is 7.73. The molecule has 0 amide bonds. The van der Waals surface area contributed by atoms with E-state index >= 15 is 0 Å². The van der Waals surface area contributed by atoms with Gasteiger partial charge in [-0.15, -0.1) is 0 Å². The first-order valence-electron chi connectivity index (χ1n) is 22.8. The lowest BCUT2D eigenvalue weighted by atomic mass is 9.34.